The van der Waals surface area contributed by atoms with Gasteiger partial charge in [-0.15, -0.1) is 0 Å². The average molecular weight is 356 g/mol. The summed E-state index contributed by atoms with van der Waals surface area (Å²) in [5.74, 6) is 0.297. The van der Waals surface area contributed by atoms with Gasteiger partial charge in [-0.1, -0.05) is 0 Å². The van der Waals surface area contributed by atoms with Crippen LogP contribution >= 0.6 is 0 Å². The summed E-state index contributed by atoms with van der Waals surface area (Å²) >= 11 is 0. The maximum Gasteiger partial charge on any atom is 0.135 e. The lowest BCUT2D eigenvalue weighted by atomic mass is 10.0. The summed E-state index contributed by atoms with van der Waals surface area (Å²) in [6, 6.07) is 0. The minimum atomic E-state index is -0.120. The van der Waals surface area contributed by atoms with Crippen molar-refractivity contribution in [2.75, 3.05) is 13.2 Å². The minimum Gasteiger partial charge on any atom is -0.396 e. The predicted octanol–water partition coefficient (Wildman–Crippen LogP) is 2.32. The third kappa shape index (κ3) is 15.8. The lowest BCUT2D eigenvalue weighted by Gasteiger charge is -2.03. The molecule has 25 heavy (non-hydrogen) atoms. The SMILES string of the molecule is O=C(CCO)CCCCC(=O)CCCC(=O)CCCCC(=O)CCO. The number of aliphatic hydroxyl groups excluding tert-OH is 2. The van der Waals surface area contributed by atoms with E-state index in [-0.39, 0.29) is 49.2 Å². The number of rotatable bonds is 18. The Morgan fingerprint density at radius 3 is 0.920 bits per heavy atom. The molecule has 2 N–H and O–H groups in total. The van der Waals surface area contributed by atoms with E-state index in [1.165, 1.54) is 0 Å². The van der Waals surface area contributed by atoms with E-state index in [4.69, 9.17) is 10.2 Å². The molecule has 0 bridgehead atoms. The first-order valence-corrected chi connectivity index (χ1v) is 9.28. The molecule has 0 amide bonds. The maximum atomic E-state index is 11.7. The van der Waals surface area contributed by atoms with Crippen molar-refractivity contribution in [2.45, 2.75) is 83.5 Å². The summed E-state index contributed by atoms with van der Waals surface area (Å²) in [5.41, 5.74) is 0. The molecule has 144 valence electrons. The van der Waals surface area contributed by atoms with Crippen LogP contribution in [0.2, 0.25) is 0 Å². The van der Waals surface area contributed by atoms with Gasteiger partial charge < -0.3 is 10.2 Å². The van der Waals surface area contributed by atoms with Crippen molar-refractivity contribution in [3.63, 3.8) is 0 Å². The van der Waals surface area contributed by atoms with Crippen LogP contribution in [-0.4, -0.2) is 46.6 Å². The van der Waals surface area contributed by atoms with Crippen molar-refractivity contribution in [1.29, 1.82) is 0 Å². The fourth-order valence-corrected chi connectivity index (χ4v) is 2.52. The monoisotopic (exact) mass is 356 g/mol. The van der Waals surface area contributed by atoms with Crippen molar-refractivity contribution in [2.24, 2.45) is 0 Å². The molecule has 0 heterocycles. The molecule has 0 saturated heterocycles. The molecular weight excluding hydrogens is 324 g/mol. The Morgan fingerprint density at radius 2 is 0.640 bits per heavy atom. The van der Waals surface area contributed by atoms with Crippen LogP contribution in [0.1, 0.15) is 83.5 Å². The Bertz CT molecular complexity index is 378. The molecule has 0 aliphatic carbocycles. The third-order valence-electron chi connectivity index (χ3n) is 4.01. The quantitative estimate of drug-likeness (QED) is 0.365. The highest BCUT2D eigenvalue weighted by Gasteiger charge is 2.08. The van der Waals surface area contributed by atoms with Gasteiger partial charge in [0.05, 0.1) is 0 Å². The molecule has 0 rings (SSSR count). The van der Waals surface area contributed by atoms with Crippen molar-refractivity contribution in [3.05, 3.63) is 0 Å². The van der Waals surface area contributed by atoms with Crippen LogP contribution < -0.4 is 0 Å². The van der Waals surface area contributed by atoms with Gasteiger partial charge >= 0.3 is 0 Å². The lowest BCUT2D eigenvalue weighted by Crippen LogP contribution is -2.04. The first kappa shape index (κ1) is 23.6. The molecule has 0 aliphatic heterocycles. The second-order valence-electron chi connectivity index (χ2n) is 6.37. The van der Waals surface area contributed by atoms with Gasteiger partial charge in [0.15, 0.2) is 0 Å². The minimum absolute atomic E-state index is 0.0265. The Kier molecular flexibility index (Phi) is 15.2. The second kappa shape index (κ2) is 16.1. The topological polar surface area (TPSA) is 109 Å². The largest absolute Gasteiger partial charge is 0.396 e. The zero-order valence-corrected chi connectivity index (χ0v) is 15.1. The number of hydrogen-bond acceptors (Lipinski definition) is 6. The molecule has 0 radical (unpaired) electrons. The number of unbranched alkanes of at least 4 members (excludes halogenated alkanes) is 2. The van der Waals surface area contributed by atoms with Crippen LogP contribution in [-0.2, 0) is 19.2 Å². The van der Waals surface area contributed by atoms with Crippen molar-refractivity contribution in [3.8, 4) is 0 Å². The van der Waals surface area contributed by atoms with Crippen LogP contribution in [0.25, 0.3) is 0 Å². The molecule has 0 aromatic rings. The molecule has 0 fully saturated rings. The highest BCUT2D eigenvalue weighted by atomic mass is 16.3. The van der Waals surface area contributed by atoms with E-state index < -0.39 is 0 Å². The fourth-order valence-electron chi connectivity index (χ4n) is 2.52. The van der Waals surface area contributed by atoms with Crippen LogP contribution in [0, 0.1) is 0 Å². The smallest absolute Gasteiger partial charge is 0.135 e. The van der Waals surface area contributed by atoms with Gasteiger partial charge in [-0.2, -0.15) is 0 Å². The second-order valence-corrected chi connectivity index (χ2v) is 6.37. The molecule has 0 atom stereocenters. The van der Waals surface area contributed by atoms with Gasteiger partial charge in [-0.05, 0) is 32.1 Å². The number of ketones is 4. The highest BCUT2D eigenvalue weighted by molar-refractivity contribution is 5.81. The summed E-state index contributed by atoms with van der Waals surface area (Å²) in [5, 5.41) is 17.2. The van der Waals surface area contributed by atoms with Crippen LogP contribution in [0.15, 0.2) is 0 Å². The van der Waals surface area contributed by atoms with Gasteiger partial charge in [0.25, 0.3) is 0 Å². The van der Waals surface area contributed by atoms with Gasteiger partial charge in [-0.3, -0.25) is 19.2 Å². The van der Waals surface area contributed by atoms with Crippen LogP contribution in [0.3, 0.4) is 0 Å². The molecule has 0 unspecified atom stereocenters. The number of Topliss-reactive ketones (excluding diaryl/α,β-unsaturated/α-hetero) is 4. The molecule has 0 spiro atoms. The molecule has 0 saturated carbocycles. The molecule has 0 aromatic carbocycles. The fraction of sp³-hybridized carbons (Fsp3) is 0.789. The van der Waals surface area contributed by atoms with E-state index in [0.29, 0.717) is 70.6 Å². The summed E-state index contributed by atoms with van der Waals surface area (Å²) in [7, 11) is 0. The van der Waals surface area contributed by atoms with Gasteiger partial charge in [0.2, 0.25) is 0 Å². The Labute approximate surface area is 150 Å². The Balaban J connectivity index is 3.52. The number of hydrogen-bond donors (Lipinski definition) is 2. The number of carbonyl (C=O) groups is 4. The summed E-state index contributed by atoms with van der Waals surface area (Å²) in [6.07, 6.45) is 6.09. The van der Waals surface area contributed by atoms with Gasteiger partial charge in [-0.25, -0.2) is 0 Å². The standard InChI is InChI=1S/C19H32O6/c20-14-12-18(24)8-3-1-6-16(22)10-5-11-17(23)7-2-4-9-19(25)13-15-21/h20-21H,1-15H2. The molecule has 6 heteroatoms. The number of carbonyl (C=O) groups excluding carboxylic acids is 4. The number of aliphatic hydroxyl groups is 2. The zero-order valence-electron chi connectivity index (χ0n) is 15.1. The molecule has 6 nitrogen and oxygen atoms in total. The van der Waals surface area contributed by atoms with E-state index >= 15 is 0 Å². The van der Waals surface area contributed by atoms with Crippen molar-refractivity contribution in [1.82, 2.24) is 0 Å². The van der Waals surface area contributed by atoms with E-state index in [1.807, 2.05) is 0 Å². The highest BCUT2D eigenvalue weighted by Crippen LogP contribution is 2.09. The molecular formula is C19H32O6. The van der Waals surface area contributed by atoms with E-state index in [2.05, 4.69) is 0 Å². The Hall–Kier alpha value is -1.40. The van der Waals surface area contributed by atoms with Gasteiger partial charge in [0.1, 0.15) is 23.1 Å². The zero-order chi connectivity index (χ0) is 18.9. The summed E-state index contributed by atoms with van der Waals surface area (Å²) in [4.78, 5) is 45.8. The third-order valence-corrected chi connectivity index (χ3v) is 4.01. The van der Waals surface area contributed by atoms with E-state index in [0.717, 1.165) is 0 Å². The lowest BCUT2D eigenvalue weighted by molar-refractivity contribution is -0.122. The normalized spacial score (nSPS) is 10.6. The van der Waals surface area contributed by atoms with Gasteiger partial charge in [0, 0.05) is 64.6 Å². The molecule has 0 aromatic heterocycles. The van der Waals surface area contributed by atoms with Crippen molar-refractivity contribution >= 4 is 23.1 Å². The van der Waals surface area contributed by atoms with Crippen molar-refractivity contribution < 1.29 is 29.4 Å². The van der Waals surface area contributed by atoms with Crippen LogP contribution in [0.5, 0.6) is 0 Å². The predicted molar refractivity (Wildman–Crippen MR) is 94.2 cm³/mol. The average Bonchev–Trinajstić information content (AvgIpc) is 2.56. The van der Waals surface area contributed by atoms with Crippen LogP contribution in [0.4, 0.5) is 0 Å². The summed E-state index contributed by atoms with van der Waals surface area (Å²) in [6.45, 7) is -0.241. The first-order chi connectivity index (χ1) is 12.0. The molecule has 0 aliphatic rings. The maximum absolute atomic E-state index is 11.7. The first-order valence-electron chi connectivity index (χ1n) is 9.28. The summed E-state index contributed by atoms with van der Waals surface area (Å²) < 4.78 is 0. The van der Waals surface area contributed by atoms with E-state index in [1.54, 1.807) is 0 Å². The van der Waals surface area contributed by atoms with E-state index in [9.17, 15) is 19.2 Å². The Morgan fingerprint density at radius 1 is 0.400 bits per heavy atom.